The molecule has 2 aromatic heterocycles. The van der Waals surface area contributed by atoms with Gasteiger partial charge in [0.05, 0.1) is 18.3 Å². The van der Waals surface area contributed by atoms with Crippen LogP contribution in [0.3, 0.4) is 0 Å². The van der Waals surface area contributed by atoms with Crippen LogP contribution in [-0.2, 0) is 4.74 Å². The van der Waals surface area contributed by atoms with Crippen molar-refractivity contribution in [1.29, 1.82) is 0 Å². The molecule has 0 bridgehead atoms. The van der Waals surface area contributed by atoms with E-state index >= 15 is 0 Å². The van der Waals surface area contributed by atoms with Crippen molar-refractivity contribution in [3.63, 3.8) is 0 Å². The maximum absolute atomic E-state index is 12.4. The first kappa shape index (κ1) is 25.7. The monoisotopic (exact) mass is 568 g/mol. The Morgan fingerprint density at radius 3 is 2.77 bits per heavy atom. The highest BCUT2D eigenvalue weighted by molar-refractivity contribution is 8.05. The molecule has 2 atom stereocenters. The number of H-pyrrole nitrogens is 1. The lowest BCUT2D eigenvalue weighted by Gasteiger charge is -2.36. The Balaban J connectivity index is 1.12. The molecule has 2 unspecified atom stereocenters. The molecule has 2 aromatic carbocycles. The van der Waals surface area contributed by atoms with E-state index in [9.17, 15) is 4.79 Å². The molecule has 1 aliphatic carbocycles. The highest BCUT2D eigenvalue weighted by atomic mass is 32.2. The topological polar surface area (TPSA) is 70.2 Å². The number of hydrogen-bond donors (Lipinski definition) is 2. The summed E-state index contributed by atoms with van der Waals surface area (Å²) < 4.78 is 6.27. The van der Waals surface area contributed by atoms with Crippen LogP contribution in [0, 0.1) is 12.8 Å². The van der Waals surface area contributed by atoms with Gasteiger partial charge in [0.15, 0.2) is 0 Å². The second-order valence-electron chi connectivity index (χ2n) is 10.8. The van der Waals surface area contributed by atoms with Gasteiger partial charge in [-0.15, -0.1) is 0 Å². The van der Waals surface area contributed by atoms with Crippen molar-refractivity contribution in [3.05, 3.63) is 100 Å². The molecular weight excluding hydrogens is 537 g/mol. The fraction of sp³-hybridized carbons (Fsp3) is 0.312. The molecule has 0 spiro atoms. The van der Waals surface area contributed by atoms with Crippen molar-refractivity contribution >= 4 is 34.9 Å². The highest BCUT2D eigenvalue weighted by Gasteiger charge is 2.31. The molecule has 2 N–H and O–H groups in total. The Labute approximate surface area is 243 Å². The van der Waals surface area contributed by atoms with Gasteiger partial charge in [0.1, 0.15) is 11.8 Å². The Morgan fingerprint density at radius 1 is 1.05 bits per heavy atom. The Bertz CT molecular complexity index is 1580. The van der Waals surface area contributed by atoms with Crippen LogP contribution in [0.1, 0.15) is 48.2 Å². The number of nitrogens with one attached hydrogen (secondary N) is 2. The number of morpholine rings is 1. The van der Waals surface area contributed by atoms with E-state index in [-0.39, 0.29) is 17.7 Å². The molecule has 6 nitrogen and oxygen atoms in total. The summed E-state index contributed by atoms with van der Waals surface area (Å²) in [6, 6.07) is 21.6. The SMILES string of the molecule is Cc1ccc(C(Nc2ccc3c(c2)Sc2cccc(C4CN(c5ccc[nH]c5=O)CCO4)c2S3)C2CCC2)nc1. The number of aryl methyl sites for hydroxylation is 1. The molecule has 204 valence electrons. The number of hydrogen-bond acceptors (Lipinski definition) is 7. The van der Waals surface area contributed by atoms with Gasteiger partial charge < -0.3 is 19.9 Å². The highest BCUT2D eigenvalue weighted by Crippen LogP contribution is 2.52. The average Bonchev–Trinajstić information content (AvgIpc) is 2.95. The summed E-state index contributed by atoms with van der Waals surface area (Å²) in [6.45, 7) is 4.04. The number of nitrogens with zero attached hydrogens (tertiary/aromatic N) is 2. The third-order valence-corrected chi connectivity index (χ3v) is 10.7. The predicted molar refractivity (Wildman–Crippen MR) is 162 cm³/mol. The van der Waals surface area contributed by atoms with Gasteiger partial charge in [-0.2, -0.15) is 0 Å². The third-order valence-electron chi connectivity index (χ3n) is 8.13. The second-order valence-corrected chi connectivity index (χ2v) is 12.9. The zero-order valence-corrected chi connectivity index (χ0v) is 24.1. The van der Waals surface area contributed by atoms with Crippen LogP contribution in [0.25, 0.3) is 0 Å². The minimum Gasteiger partial charge on any atom is -0.376 e. The van der Waals surface area contributed by atoms with Crippen LogP contribution in [-0.4, -0.2) is 29.7 Å². The number of fused-ring (bicyclic) bond motifs is 2. The molecule has 1 saturated carbocycles. The smallest absolute Gasteiger partial charge is 0.271 e. The summed E-state index contributed by atoms with van der Waals surface area (Å²) in [7, 11) is 0. The van der Waals surface area contributed by atoms with E-state index in [4.69, 9.17) is 9.72 Å². The first-order valence-electron chi connectivity index (χ1n) is 14.0. The maximum atomic E-state index is 12.4. The Kier molecular flexibility index (Phi) is 7.08. The average molecular weight is 569 g/mol. The fourth-order valence-corrected chi connectivity index (χ4v) is 8.18. The molecule has 4 aromatic rings. The van der Waals surface area contributed by atoms with Crippen LogP contribution in [0.15, 0.2) is 97.4 Å². The predicted octanol–water partition coefficient (Wildman–Crippen LogP) is 7.23. The van der Waals surface area contributed by atoms with E-state index in [2.05, 4.69) is 70.7 Å². The summed E-state index contributed by atoms with van der Waals surface area (Å²) in [5.41, 5.74) is 5.30. The van der Waals surface area contributed by atoms with Crippen LogP contribution in [0.5, 0.6) is 0 Å². The van der Waals surface area contributed by atoms with Crippen molar-refractivity contribution in [3.8, 4) is 0 Å². The molecule has 7 rings (SSSR count). The van der Waals surface area contributed by atoms with Crippen LogP contribution < -0.4 is 15.8 Å². The molecule has 4 heterocycles. The van der Waals surface area contributed by atoms with Crippen molar-refractivity contribution in [2.75, 3.05) is 29.9 Å². The van der Waals surface area contributed by atoms with Crippen molar-refractivity contribution in [2.45, 2.75) is 57.9 Å². The first-order valence-corrected chi connectivity index (χ1v) is 15.6. The van der Waals surface area contributed by atoms with Gasteiger partial charge in [-0.25, -0.2) is 0 Å². The first-order chi connectivity index (χ1) is 19.6. The number of rotatable bonds is 6. The summed E-state index contributed by atoms with van der Waals surface area (Å²) in [5.74, 6) is 0.623. The van der Waals surface area contributed by atoms with E-state index in [1.54, 1.807) is 6.20 Å². The normalized spacial score (nSPS) is 19.3. The number of benzene rings is 2. The summed E-state index contributed by atoms with van der Waals surface area (Å²) in [4.78, 5) is 27.2. The van der Waals surface area contributed by atoms with E-state index in [1.165, 1.54) is 50.0 Å². The molecular formula is C32H32N4O2S2. The van der Waals surface area contributed by atoms with Crippen LogP contribution in [0.4, 0.5) is 11.4 Å². The number of anilines is 2. The van der Waals surface area contributed by atoms with Gasteiger partial charge in [-0.3, -0.25) is 9.78 Å². The zero-order valence-electron chi connectivity index (χ0n) is 22.4. The quantitative estimate of drug-likeness (QED) is 0.224. The van der Waals surface area contributed by atoms with E-state index < -0.39 is 0 Å². The zero-order chi connectivity index (χ0) is 27.1. The minimum atomic E-state index is -0.0934. The second kappa shape index (κ2) is 11.0. The Morgan fingerprint density at radius 2 is 1.98 bits per heavy atom. The van der Waals surface area contributed by atoms with Gasteiger partial charge in [-0.1, -0.05) is 48.1 Å². The van der Waals surface area contributed by atoms with E-state index in [1.807, 2.05) is 41.9 Å². The molecule has 3 aliphatic rings. The summed E-state index contributed by atoms with van der Waals surface area (Å²) >= 11 is 3.65. The van der Waals surface area contributed by atoms with E-state index in [0.29, 0.717) is 31.3 Å². The molecule has 2 fully saturated rings. The van der Waals surface area contributed by atoms with Gasteiger partial charge in [-0.05, 0) is 79.3 Å². The van der Waals surface area contributed by atoms with Crippen molar-refractivity contribution < 1.29 is 4.74 Å². The van der Waals surface area contributed by atoms with Gasteiger partial charge in [0.25, 0.3) is 5.56 Å². The summed E-state index contributed by atoms with van der Waals surface area (Å²) in [5, 5.41) is 3.84. The van der Waals surface area contributed by atoms with Gasteiger partial charge in [0.2, 0.25) is 0 Å². The largest absolute Gasteiger partial charge is 0.376 e. The summed E-state index contributed by atoms with van der Waals surface area (Å²) in [6.07, 6.45) is 7.36. The molecule has 40 heavy (non-hydrogen) atoms. The standard InChI is InChI=1S/C32H32N4O2S2/c1-20-10-12-24(34-18-20)30(21-5-2-6-21)35-22-11-13-27-29(17-22)39-28-9-3-7-23(31(28)40-27)26-19-36(15-16-38-26)25-8-4-14-33-32(25)37/h3-4,7-14,17-18,21,26,30,35H,2,5-6,15-16,19H2,1H3,(H,33,37). The minimum absolute atomic E-state index is 0.0563. The molecule has 1 saturated heterocycles. The molecule has 8 heteroatoms. The lowest BCUT2D eigenvalue weighted by Crippen LogP contribution is -2.41. The number of aromatic nitrogens is 2. The molecule has 0 amide bonds. The number of pyridine rings is 2. The number of ether oxygens (including phenoxy) is 1. The van der Waals surface area contributed by atoms with Gasteiger partial charge in [0, 0.05) is 50.8 Å². The van der Waals surface area contributed by atoms with Crippen LogP contribution >= 0.6 is 23.5 Å². The Hall–Kier alpha value is -3.20. The lowest BCUT2D eigenvalue weighted by atomic mass is 9.78. The van der Waals surface area contributed by atoms with Crippen LogP contribution in [0.2, 0.25) is 0 Å². The lowest BCUT2D eigenvalue weighted by molar-refractivity contribution is 0.0378. The number of aromatic amines is 1. The van der Waals surface area contributed by atoms with Crippen molar-refractivity contribution in [1.82, 2.24) is 9.97 Å². The van der Waals surface area contributed by atoms with Crippen molar-refractivity contribution in [2.24, 2.45) is 5.92 Å². The van der Waals surface area contributed by atoms with Gasteiger partial charge >= 0.3 is 0 Å². The fourth-order valence-electron chi connectivity index (χ4n) is 5.73. The molecule has 0 radical (unpaired) electrons. The maximum Gasteiger partial charge on any atom is 0.271 e. The van der Waals surface area contributed by atoms with E-state index in [0.717, 1.165) is 11.4 Å². The third kappa shape index (κ3) is 5.04. The molecule has 2 aliphatic heterocycles.